The summed E-state index contributed by atoms with van der Waals surface area (Å²) in [5, 5.41) is 4.23. The van der Waals surface area contributed by atoms with Gasteiger partial charge in [-0.05, 0) is 58.6 Å². The highest BCUT2D eigenvalue weighted by molar-refractivity contribution is 7.90. The predicted octanol–water partition coefficient (Wildman–Crippen LogP) is 4.16. The van der Waals surface area contributed by atoms with Crippen molar-refractivity contribution >= 4 is 32.8 Å². The Kier molecular flexibility index (Phi) is 7.21. The number of carbonyl (C=O) groups excluding carboxylic acids is 1. The third-order valence-electron chi connectivity index (χ3n) is 6.22. The minimum absolute atomic E-state index is 0.240. The molecule has 3 aromatic rings. The number of hydrogen-bond acceptors (Lipinski definition) is 9. The molecule has 1 aliphatic rings. The second kappa shape index (κ2) is 10.0. The van der Waals surface area contributed by atoms with Crippen LogP contribution in [-0.4, -0.2) is 72.6 Å². The fourth-order valence-corrected chi connectivity index (χ4v) is 4.96. The van der Waals surface area contributed by atoms with E-state index >= 15 is 0 Å². The van der Waals surface area contributed by atoms with Crippen LogP contribution in [0.4, 0.5) is 10.6 Å². The number of ether oxygens (including phenoxy) is 1. The van der Waals surface area contributed by atoms with Gasteiger partial charge < -0.3 is 19.1 Å². The van der Waals surface area contributed by atoms with Crippen molar-refractivity contribution in [3.05, 3.63) is 30.6 Å². The van der Waals surface area contributed by atoms with Gasteiger partial charge in [-0.1, -0.05) is 17.3 Å². The fraction of sp³-hybridized carbons (Fsp3) is 0.520. The highest BCUT2D eigenvalue weighted by Crippen LogP contribution is 2.32. The standard InChI is InChI=1S/C25H33N5O5S/c1-6-29(15-17-11-13-30(14-12-17)24(31)34-25(2,3)4)23-22-21(26-16-27-23)20(28-35-22)18-7-9-19(10-8-18)36(5,32)33/h7-10,16-17H,6,11-15H2,1-5H3. The molecule has 0 spiro atoms. The first-order chi connectivity index (χ1) is 17.0. The second-order valence-corrected chi connectivity index (χ2v) is 12.2. The fourth-order valence-electron chi connectivity index (χ4n) is 4.33. The van der Waals surface area contributed by atoms with Crippen LogP contribution in [0.15, 0.2) is 40.0 Å². The number of likely N-dealkylation sites (tertiary alicyclic amines) is 1. The molecule has 0 saturated carbocycles. The van der Waals surface area contributed by atoms with Gasteiger partial charge in [-0.2, -0.15) is 0 Å². The largest absolute Gasteiger partial charge is 0.444 e. The van der Waals surface area contributed by atoms with Crippen LogP contribution in [0.5, 0.6) is 0 Å². The number of hydrogen-bond donors (Lipinski definition) is 0. The molecular formula is C25H33N5O5S. The number of amides is 1. The molecule has 194 valence electrons. The Bertz CT molecular complexity index is 1320. The van der Waals surface area contributed by atoms with Gasteiger partial charge in [-0.15, -0.1) is 0 Å². The maximum Gasteiger partial charge on any atom is 0.410 e. The summed E-state index contributed by atoms with van der Waals surface area (Å²) < 4.78 is 34.8. The number of rotatable bonds is 6. The minimum atomic E-state index is -3.29. The van der Waals surface area contributed by atoms with Crippen LogP contribution < -0.4 is 4.90 Å². The number of anilines is 1. The van der Waals surface area contributed by atoms with E-state index in [9.17, 15) is 13.2 Å². The molecule has 10 nitrogen and oxygen atoms in total. The Labute approximate surface area is 211 Å². The summed E-state index contributed by atoms with van der Waals surface area (Å²) in [4.78, 5) is 25.4. The van der Waals surface area contributed by atoms with Gasteiger partial charge in [0.25, 0.3) is 0 Å². The Morgan fingerprint density at radius 3 is 2.42 bits per heavy atom. The van der Waals surface area contributed by atoms with Crippen molar-refractivity contribution in [1.29, 1.82) is 0 Å². The van der Waals surface area contributed by atoms with Crippen molar-refractivity contribution in [2.45, 2.75) is 51.0 Å². The lowest BCUT2D eigenvalue weighted by Gasteiger charge is -2.35. The molecule has 0 unspecified atom stereocenters. The lowest BCUT2D eigenvalue weighted by molar-refractivity contribution is 0.0186. The van der Waals surface area contributed by atoms with E-state index in [1.54, 1.807) is 29.2 Å². The van der Waals surface area contributed by atoms with Gasteiger partial charge in [-0.3, -0.25) is 0 Å². The van der Waals surface area contributed by atoms with E-state index in [4.69, 9.17) is 9.26 Å². The molecule has 0 radical (unpaired) electrons. The first-order valence-corrected chi connectivity index (χ1v) is 14.0. The smallest absolute Gasteiger partial charge is 0.410 e. The quantitative estimate of drug-likeness (QED) is 0.476. The third kappa shape index (κ3) is 5.77. The van der Waals surface area contributed by atoms with E-state index < -0.39 is 15.4 Å². The van der Waals surface area contributed by atoms with Gasteiger partial charge in [-0.25, -0.2) is 23.2 Å². The molecule has 0 N–H and O–H groups in total. The topological polar surface area (TPSA) is 119 Å². The monoisotopic (exact) mass is 515 g/mol. The zero-order valence-electron chi connectivity index (χ0n) is 21.4. The number of nitrogens with zero attached hydrogens (tertiary/aromatic N) is 5. The summed E-state index contributed by atoms with van der Waals surface area (Å²) in [6.07, 6.45) is 4.16. The van der Waals surface area contributed by atoms with Crippen LogP contribution in [0.1, 0.15) is 40.5 Å². The summed E-state index contributed by atoms with van der Waals surface area (Å²) in [7, 11) is -3.29. The van der Waals surface area contributed by atoms with Crippen molar-refractivity contribution in [3.8, 4) is 11.3 Å². The lowest BCUT2D eigenvalue weighted by Crippen LogP contribution is -2.44. The molecule has 1 saturated heterocycles. The maximum absolute atomic E-state index is 12.4. The molecule has 0 aliphatic carbocycles. The van der Waals surface area contributed by atoms with Gasteiger partial charge in [0.05, 0.1) is 4.90 Å². The average Bonchev–Trinajstić information content (AvgIpc) is 3.26. The van der Waals surface area contributed by atoms with Crippen LogP contribution in [0, 0.1) is 5.92 Å². The number of aromatic nitrogens is 3. The van der Waals surface area contributed by atoms with Gasteiger partial charge in [0, 0.05) is 38.0 Å². The minimum Gasteiger partial charge on any atom is -0.444 e. The molecule has 1 fully saturated rings. The van der Waals surface area contributed by atoms with E-state index in [-0.39, 0.29) is 11.0 Å². The first kappa shape index (κ1) is 25.9. The average molecular weight is 516 g/mol. The highest BCUT2D eigenvalue weighted by atomic mass is 32.2. The van der Waals surface area contributed by atoms with Gasteiger partial charge in [0.1, 0.15) is 23.1 Å². The number of piperidine rings is 1. The number of benzene rings is 1. The predicted molar refractivity (Wildman–Crippen MR) is 137 cm³/mol. The molecule has 11 heteroatoms. The number of fused-ring (bicyclic) bond motifs is 1. The summed E-state index contributed by atoms with van der Waals surface area (Å²) >= 11 is 0. The summed E-state index contributed by atoms with van der Waals surface area (Å²) in [5.74, 6) is 1.06. The molecule has 2 aromatic heterocycles. The van der Waals surface area contributed by atoms with Crippen LogP contribution in [0.3, 0.4) is 0 Å². The molecule has 3 heterocycles. The zero-order chi connectivity index (χ0) is 26.1. The molecule has 1 amide bonds. The van der Waals surface area contributed by atoms with Crippen molar-refractivity contribution < 1.29 is 22.5 Å². The van der Waals surface area contributed by atoms with Crippen molar-refractivity contribution in [3.63, 3.8) is 0 Å². The van der Waals surface area contributed by atoms with Crippen LogP contribution in [0.25, 0.3) is 22.4 Å². The van der Waals surface area contributed by atoms with E-state index in [1.807, 2.05) is 20.8 Å². The Balaban J connectivity index is 1.49. The van der Waals surface area contributed by atoms with Crippen molar-refractivity contribution in [2.75, 3.05) is 37.3 Å². The van der Waals surface area contributed by atoms with Crippen LogP contribution >= 0.6 is 0 Å². The summed E-state index contributed by atoms with van der Waals surface area (Å²) in [6, 6.07) is 6.50. The van der Waals surface area contributed by atoms with Crippen molar-refractivity contribution in [1.82, 2.24) is 20.0 Å². The molecular weight excluding hydrogens is 482 g/mol. The van der Waals surface area contributed by atoms with Gasteiger partial charge in [0.15, 0.2) is 15.7 Å². The Morgan fingerprint density at radius 1 is 1.17 bits per heavy atom. The number of sulfone groups is 1. The van der Waals surface area contributed by atoms with Crippen LogP contribution in [-0.2, 0) is 14.6 Å². The molecule has 0 bridgehead atoms. The molecule has 1 aliphatic heterocycles. The number of carbonyl (C=O) groups is 1. The lowest BCUT2D eigenvalue weighted by atomic mass is 9.96. The van der Waals surface area contributed by atoms with E-state index in [2.05, 4.69) is 26.9 Å². The first-order valence-electron chi connectivity index (χ1n) is 12.1. The maximum atomic E-state index is 12.4. The Hall–Kier alpha value is -3.21. The van der Waals surface area contributed by atoms with E-state index in [0.29, 0.717) is 47.2 Å². The van der Waals surface area contributed by atoms with Gasteiger partial charge >= 0.3 is 6.09 Å². The molecule has 36 heavy (non-hydrogen) atoms. The molecule has 0 atom stereocenters. The summed E-state index contributed by atoms with van der Waals surface area (Å²) in [6.45, 7) is 10.5. The van der Waals surface area contributed by atoms with E-state index in [1.165, 1.54) is 12.6 Å². The van der Waals surface area contributed by atoms with Crippen LogP contribution in [0.2, 0.25) is 0 Å². The second-order valence-electron chi connectivity index (χ2n) is 10.2. The third-order valence-corrected chi connectivity index (χ3v) is 7.35. The highest BCUT2D eigenvalue weighted by Gasteiger charge is 2.29. The van der Waals surface area contributed by atoms with E-state index in [0.717, 1.165) is 25.9 Å². The van der Waals surface area contributed by atoms with Gasteiger partial charge in [0.2, 0.25) is 5.58 Å². The zero-order valence-corrected chi connectivity index (χ0v) is 22.2. The normalized spacial score (nSPS) is 15.3. The molecule has 4 rings (SSSR count). The molecule has 1 aromatic carbocycles. The SMILES string of the molecule is CCN(CC1CCN(C(=O)OC(C)(C)C)CC1)c1ncnc2c(-c3ccc(S(C)(=O)=O)cc3)noc12. The van der Waals surface area contributed by atoms with Crippen molar-refractivity contribution in [2.24, 2.45) is 5.92 Å². The summed E-state index contributed by atoms with van der Waals surface area (Å²) in [5.41, 5.74) is 1.81. The Morgan fingerprint density at radius 2 is 1.83 bits per heavy atom.